The highest BCUT2D eigenvalue weighted by atomic mass is 16.6. The molecule has 2 aromatic carbocycles. The standard InChI is InChI=1S/C23H25N3O5/c27-22(18-8-10-19(11-9-18)26(29)30)24-12-14-25(15-13-24)23(28)20-7-4-16-31-21(20)17-5-2-1-3-6-17/h1-3,5-6,8-11,20-21H,4,7,12-16H2/t20-,21+/m0/s1. The van der Waals surface area contributed by atoms with Crippen LogP contribution in [0.4, 0.5) is 5.69 Å². The van der Waals surface area contributed by atoms with Gasteiger partial charge in [0, 0.05) is 50.5 Å². The average Bonchev–Trinajstić information content (AvgIpc) is 2.84. The van der Waals surface area contributed by atoms with Gasteiger partial charge < -0.3 is 14.5 Å². The fourth-order valence-electron chi connectivity index (χ4n) is 4.28. The molecule has 0 aromatic heterocycles. The van der Waals surface area contributed by atoms with E-state index in [0.717, 1.165) is 18.4 Å². The predicted octanol–water partition coefficient (Wildman–Crippen LogP) is 3.05. The Hall–Kier alpha value is -3.26. The fraction of sp³-hybridized carbons (Fsp3) is 0.391. The molecule has 4 rings (SSSR count). The molecule has 2 amide bonds. The third-order valence-electron chi connectivity index (χ3n) is 5.97. The second-order valence-corrected chi connectivity index (χ2v) is 7.87. The molecular formula is C23H25N3O5. The molecule has 162 valence electrons. The maximum absolute atomic E-state index is 13.3. The van der Waals surface area contributed by atoms with Crippen LogP contribution in [0.1, 0.15) is 34.9 Å². The first-order chi connectivity index (χ1) is 15.0. The monoisotopic (exact) mass is 423 g/mol. The SMILES string of the molecule is O=C(c1ccc([N+](=O)[O-])cc1)N1CCN(C(=O)[C@H]2CCCO[C@@H]2c2ccccc2)CC1. The maximum atomic E-state index is 13.3. The molecule has 2 fully saturated rings. The molecule has 0 bridgehead atoms. The van der Waals surface area contributed by atoms with Crippen molar-refractivity contribution in [2.45, 2.75) is 18.9 Å². The van der Waals surface area contributed by atoms with Gasteiger partial charge in [0.2, 0.25) is 5.91 Å². The largest absolute Gasteiger partial charge is 0.373 e. The summed E-state index contributed by atoms with van der Waals surface area (Å²) in [6.07, 6.45) is 1.42. The maximum Gasteiger partial charge on any atom is 0.269 e. The average molecular weight is 423 g/mol. The zero-order valence-electron chi connectivity index (χ0n) is 17.2. The van der Waals surface area contributed by atoms with Crippen LogP contribution in [0.15, 0.2) is 54.6 Å². The van der Waals surface area contributed by atoms with E-state index in [1.807, 2.05) is 35.2 Å². The summed E-state index contributed by atoms with van der Waals surface area (Å²) in [4.78, 5) is 39.8. The molecule has 2 aromatic rings. The van der Waals surface area contributed by atoms with Crippen molar-refractivity contribution in [3.8, 4) is 0 Å². The van der Waals surface area contributed by atoms with Crippen molar-refractivity contribution in [2.75, 3.05) is 32.8 Å². The van der Waals surface area contributed by atoms with E-state index < -0.39 is 4.92 Å². The summed E-state index contributed by atoms with van der Waals surface area (Å²) >= 11 is 0. The number of ether oxygens (including phenoxy) is 1. The quantitative estimate of drug-likeness (QED) is 0.557. The van der Waals surface area contributed by atoms with Crippen LogP contribution in [0, 0.1) is 16.0 Å². The Morgan fingerprint density at radius 1 is 0.935 bits per heavy atom. The molecule has 0 aliphatic carbocycles. The van der Waals surface area contributed by atoms with Gasteiger partial charge in [-0.05, 0) is 30.5 Å². The Balaban J connectivity index is 1.38. The summed E-state index contributed by atoms with van der Waals surface area (Å²) in [6.45, 7) is 2.46. The van der Waals surface area contributed by atoms with Crippen LogP contribution in [0.25, 0.3) is 0 Å². The van der Waals surface area contributed by atoms with E-state index in [1.54, 1.807) is 4.90 Å². The normalized spacial score (nSPS) is 21.5. The third-order valence-corrected chi connectivity index (χ3v) is 5.97. The fourth-order valence-corrected chi connectivity index (χ4v) is 4.28. The van der Waals surface area contributed by atoms with E-state index >= 15 is 0 Å². The van der Waals surface area contributed by atoms with Gasteiger partial charge in [0.25, 0.3) is 11.6 Å². The van der Waals surface area contributed by atoms with Crippen molar-refractivity contribution < 1.29 is 19.2 Å². The Morgan fingerprint density at radius 2 is 1.58 bits per heavy atom. The predicted molar refractivity (Wildman–Crippen MR) is 113 cm³/mol. The van der Waals surface area contributed by atoms with E-state index in [2.05, 4.69) is 0 Å². The number of benzene rings is 2. The summed E-state index contributed by atoms with van der Waals surface area (Å²) in [5.41, 5.74) is 1.39. The summed E-state index contributed by atoms with van der Waals surface area (Å²) < 4.78 is 5.97. The van der Waals surface area contributed by atoms with Gasteiger partial charge in [0.1, 0.15) is 0 Å². The lowest BCUT2D eigenvalue weighted by molar-refractivity contribution is -0.384. The zero-order valence-corrected chi connectivity index (χ0v) is 17.2. The number of carbonyl (C=O) groups excluding carboxylic acids is 2. The van der Waals surface area contributed by atoms with Crippen molar-refractivity contribution in [3.63, 3.8) is 0 Å². The minimum atomic E-state index is -0.490. The number of rotatable bonds is 4. The topological polar surface area (TPSA) is 93.0 Å². The van der Waals surface area contributed by atoms with Gasteiger partial charge in [-0.2, -0.15) is 0 Å². The van der Waals surface area contributed by atoms with Crippen molar-refractivity contribution in [3.05, 3.63) is 75.8 Å². The summed E-state index contributed by atoms with van der Waals surface area (Å²) in [7, 11) is 0. The van der Waals surface area contributed by atoms with Crippen molar-refractivity contribution in [1.29, 1.82) is 0 Å². The Labute approximate surface area is 180 Å². The van der Waals surface area contributed by atoms with E-state index in [9.17, 15) is 19.7 Å². The molecule has 2 aliphatic rings. The molecule has 0 saturated carbocycles. The molecular weight excluding hydrogens is 398 g/mol. The summed E-state index contributed by atoms with van der Waals surface area (Å²) in [5, 5.41) is 10.8. The third kappa shape index (κ3) is 4.59. The lowest BCUT2D eigenvalue weighted by Gasteiger charge is -2.39. The van der Waals surface area contributed by atoms with Gasteiger partial charge in [-0.25, -0.2) is 0 Å². The Kier molecular flexibility index (Phi) is 6.27. The first kappa shape index (κ1) is 21.0. The van der Waals surface area contributed by atoms with Crippen LogP contribution in [-0.2, 0) is 9.53 Å². The number of carbonyl (C=O) groups is 2. The minimum absolute atomic E-state index is 0.0466. The Morgan fingerprint density at radius 3 is 2.23 bits per heavy atom. The smallest absolute Gasteiger partial charge is 0.269 e. The van der Waals surface area contributed by atoms with E-state index in [0.29, 0.717) is 38.3 Å². The van der Waals surface area contributed by atoms with Crippen LogP contribution >= 0.6 is 0 Å². The number of non-ortho nitro benzene ring substituents is 1. The summed E-state index contributed by atoms with van der Waals surface area (Å²) in [5.74, 6) is -0.311. The van der Waals surface area contributed by atoms with Gasteiger partial charge in [-0.1, -0.05) is 30.3 Å². The number of hydrogen-bond acceptors (Lipinski definition) is 5. The number of piperazine rings is 1. The molecule has 0 spiro atoms. The van der Waals surface area contributed by atoms with Crippen molar-refractivity contribution >= 4 is 17.5 Å². The van der Waals surface area contributed by atoms with Gasteiger partial charge in [-0.15, -0.1) is 0 Å². The zero-order chi connectivity index (χ0) is 21.8. The molecule has 8 heteroatoms. The second kappa shape index (κ2) is 9.26. The highest BCUT2D eigenvalue weighted by Gasteiger charge is 2.37. The first-order valence-electron chi connectivity index (χ1n) is 10.5. The van der Waals surface area contributed by atoms with Gasteiger partial charge in [-0.3, -0.25) is 19.7 Å². The van der Waals surface area contributed by atoms with Crippen LogP contribution in [0.2, 0.25) is 0 Å². The van der Waals surface area contributed by atoms with Gasteiger partial charge >= 0.3 is 0 Å². The highest BCUT2D eigenvalue weighted by molar-refractivity contribution is 5.94. The molecule has 2 aliphatic heterocycles. The van der Waals surface area contributed by atoms with Gasteiger partial charge in [0.15, 0.2) is 0 Å². The molecule has 0 N–H and O–H groups in total. The molecule has 2 atom stereocenters. The van der Waals surface area contributed by atoms with Crippen LogP contribution < -0.4 is 0 Å². The second-order valence-electron chi connectivity index (χ2n) is 7.87. The molecule has 2 saturated heterocycles. The number of amides is 2. The Bertz CT molecular complexity index is 939. The minimum Gasteiger partial charge on any atom is -0.373 e. The van der Waals surface area contributed by atoms with E-state index in [-0.39, 0.29) is 29.5 Å². The number of nitro benzene ring substituents is 1. The first-order valence-corrected chi connectivity index (χ1v) is 10.5. The molecule has 31 heavy (non-hydrogen) atoms. The lowest BCUT2D eigenvalue weighted by atomic mass is 9.88. The molecule has 2 heterocycles. The number of nitro groups is 1. The number of nitrogens with zero attached hydrogens (tertiary/aromatic N) is 3. The van der Waals surface area contributed by atoms with Crippen molar-refractivity contribution in [1.82, 2.24) is 9.80 Å². The van der Waals surface area contributed by atoms with Crippen LogP contribution in [0.3, 0.4) is 0 Å². The van der Waals surface area contributed by atoms with E-state index in [1.165, 1.54) is 24.3 Å². The lowest BCUT2D eigenvalue weighted by Crippen LogP contribution is -2.53. The van der Waals surface area contributed by atoms with Crippen molar-refractivity contribution in [2.24, 2.45) is 5.92 Å². The molecule has 0 radical (unpaired) electrons. The van der Waals surface area contributed by atoms with Crippen LogP contribution in [0.5, 0.6) is 0 Å². The van der Waals surface area contributed by atoms with Gasteiger partial charge in [0.05, 0.1) is 16.9 Å². The molecule has 8 nitrogen and oxygen atoms in total. The van der Waals surface area contributed by atoms with E-state index in [4.69, 9.17) is 4.74 Å². The highest BCUT2D eigenvalue weighted by Crippen LogP contribution is 2.35. The summed E-state index contributed by atoms with van der Waals surface area (Å²) in [6, 6.07) is 15.5. The molecule has 0 unspecified atom stereocenters. The van der Waals surface area contributed by atoms with Crippen LogP contribution in [-0.4, -0.2) is 59.3 Å². The number of hydrogen-bond donors (Lipinski definition) is 0.